The molecule has 0 N–H and O–H groups in total. The lowest BCUT2D eigenvalue weighted by Crippen LogP contribution is -2.29. The van der Waals surface area contributed by atoms with E-state index in [1.807, 2.05) is 30.3 Å². The zero-order valence-corrected chi connectivity index (χ0v) is 16.6. The molecule has 2 aromatic heterocycles. The monoisotopic (exact) mass is 400 g/mol. The third-order valence-corrected chi connectivity index (χ3v) is 5.50. The smallest absolute Gasteiger partial charge is 0.348 e. The molecule has 8 heteroatoms. The van der Waals surface area contributed by atoms with Crippen LogP contribution in [-0.2, 0) is 20.9 Å². The Kier molecular flexibility index (Phi) is 5.89. The number of carbonyl (C=O) groups is 2. The first-order valence-corrected chi connectivity index (χ1v) is 9.63. The van der Waals surface area contributed by atoms with Gasteiger partial charge in [0.1, 0.15) is 22.4 Å². The summed E-state index contributed by atoms with van der Waals surface area (Å²) in [7, 11) is 0. The van der Waals surface area contributed by atoms with Crippen LogP contribution in [0.3, 0.4) is 0 Å². The summed E-state index contributed by atoms with van der Waals surface area (Å²) in [5, 5.41) is 0.318. The van der Waals surface area contributed by atoms with Crippen molar-refractivity contribution in [1.82, 2.24) is 9.55 Å². The molecule has 0 aliphatic carbocycles. The molecule has 7 nitrogen and oxygen atoms in total. The Morgan fingerprint density at radius 2 is 1.93 bits per heavy atom. The molecule has 0 unspecified atom stereocenters. The standard InChI is InChI=1S/C20H20N2O5S/c1-4-26-20(25)16-12(2)15-17(28-16)21-11-22(18(15)23)13(3)19(24)27-10-14-8-6-5-7-9-14/h5-9,11,13H,4,10H2,1-3H3/t13-/m1/s1. The predicted molar refractivity (Wildman–Crippen MR) is 106 cm³/mol. The third kappa shape index (κ3) is 3.82. The molecule has 0 radical (unpaired) electrons. The lowest BCUT2D eigenvalue weighted by atomic mass is 10.2. The Hall–Kier alpha value is -3.00. The summed E-state index contributed by atoms with van der Waals surface area (Å²) >= 11 is 1.11. The van der Waals surface area contributed by atoms with E-state index in [-0.39, 0.29) is 13.2 Å². The van der Waals surface area contributed by atoms with Gasteiger partial charge in [-0.3, -0.25) is 9.36 Å². The van der Waals surface area contributed by atoms with Crippen LogP contribution in [0.1, 0.15) is 40.7 Å². The average Bonchev–Trinajstić information content (AvgIpc) is 3.04. The van der Waals surface area contributed by atoms with Crippen LogP contribution < -0.4 is 5.56 Å². The maximum atomic E-state index is 12.9. The maximum Gasteiger partial charge on any atom is 0.348 e. The number of hydrogen-bond donors (Lipinski definition) is 0. The Labute approximate surface area is 165 Å². The Morgan fingerprint density at radius 3 is 2.61 bits per heavy atom. The second kappa shape index (κ2) is 8.35. The topological polar surface area (TPSA) is 87.5 Å². The number of aromatic nitrogens is 2. The first-order chi connectivity index (χ1) is 13.4. The van der Waals surface area contributed by atoms with Gasteiger partial charge >= 0.3 is 11.9 Å². The van der Waals surface area contributed by atoms with Gasteiger partial charge in [0.25, 0.3) is 5.56 Å². The summed E-state index contributed by atoms with van der Waals surface area (Å²) in [4.78, 5) is 42.4. The van der Waals surface area contributed by atoms with E-state index in [9.17, 15) is 14.4 Å². The van der Waals surface area contributed by atoms with Crippen LogP contribution in [0.4, 0.5) is 0 Å². The van der Waals surface area contributed by atoms with Crippen LogP contribution >= 0.6 is 11.3 Å². The molecule has 0 aliphatic rings. The molecule has 2 heterocycles. The van der Waals surface area contributed by atoms with Gasteiger partial charge in [0.05, 0.1) is 18.3 Å². The SMILES string of the molecule is CCOC(=O)c1sc2ncn([C@H](C)C(=O)OCc3ccccc3)c(=O)c2c1C. The average molecular weight is 400 g/mol. The Balaban J connectivity index is 1.87. The molecule has 0 spiro atoms. The van der Waals surface area contributed by atoms with E-state index in [2.05, 4.69) is 4.98 Å². The van der Waals surface area contributed by atoms with Gasteiger partial charge in [-0.2, -0.15) is 0 Å². The minimum absolute atomic E-state index is 0.124. The van der Waals surface area contributed by atoms with Crippen LogP contribution in [-0.4, -0.2) is 28.1 Å². The number of benzene rings is 1. The first-order valence-electron chi connectivity index (χ1n) is 8.82. The second-order valence-electron chi connectivity index (χ2n) is 6.18. The van der Waals surface area contributed by atoms with Crippen molar-refractivity contribution in [3.8, 4) is 0 Å². The Bertz CT molecular complexity index is 1070. The van der Waals surface area contributed by atoms with Crippen molar-refractivity contribution in [1.29, 1.82) is 0 Å². The molecule has 3 aromatic rings. The van der Waals surface area contributed by atoms with Crippen molar-refractivity contribution in [2.75, 3.05) is 6.61 Å². The Morgan fingerprint density at radius 1 is 1.21 bits per heavy atom. The fraction of sp³-hybridized carbons (Fsp3) is 0.300. The highest BCUT2D eigenvalue weighted by Gasteiger charge is 2.24. The van der Waals surface area contributed by atoms with E-state index in [1.54, 1.807) is 20.8 Å². The van der Waals surface area contributed by atoms with E-state index in [0.29, 0.717) is 20.7 Å². The molecule has 0 saturated heterocycles. The van der Waals surface area contributed by atoms with Crippen molar-refractivity contribution >= 4 is 33.5 Å². The summed E-state index contributed by atoms with van der Waals surface area (Å²) < 4.78 is 11.6. The third-order valence-electron chi connectivity index (χ3n) is 4.32. The number of thiophene rings is 1. The van der Waals surface area contributed by atoms with E-state index >= 15 is 0 Å². The van der Waals surface area contributed by atoms with Crippen LogP contribution in [0.2, 0.25) is 0 Å². The van der Waals surface area contributed by atoms with Crippen molar-refractivity contribution in [3.63, 3.8) is 0 Å². The number of rotatable bonds is 6. The lowest BCUT2D eigenvalue weighted by Gasteiger charge is -2.14. The molecular weight excluding hydrogens is 380 g/mol. The largest absolute Gasteiger partial charge is 0.462 e. The van der Waals surface area contributed by atoms with Crippen molar-refractivity contribution in [2.24, 2.45) is 0 Å². The number of ether oxygens (including phenoxy) is 2. The molecule has 1 atom stereocenters. The second-order valence-corrected chi connectivity index (χ2v) is 7.18. The summed E-state index contributed by atoms with van der Waals surface area (Å²) in [5.41, 5.74) is 0.977. The van der Waals surface area contributed by atoms with Gasteiger partial charge in [-0.1, -0.05) is 30.3 Å². The number of aryl methyl sites for hydroxylation is 1. The van der Waals surface area contributed by atoms with Gasteiger partial charge < -0.3 is 9.47 Å². The predicted octanol–water partition coefficient (Wildman–Crippen LogP) is 3.25. The number of hydrogen-bond acceptors (Lipinski definition) is 7. The molecule has 0 fully saturated rings. The van der Waals surface area contributed by atoms with E-state index in [1.165, 1.54) is 10.9 Å². The summed E-state index contributed by atoms with van der Waals surface area (Å²) in [6.45, 7) is 5.34. The quantitative estimate of drug-likeness (QED) is 0.590. The zero-order chi connectivity index (χ0) is 20.3. The van der Waals surface area contributed by atoms with Crippen molar-refractivity contribution in [3.05, 3.63) is 63.0 Å². The van der Waals surface area contributed by atoms with E-state index in [4.69, 9.17) is 9.47 Å². The van der Waals surface area contributed by atoms with E-state index in [0.717, 1.165) is 16.9 Å². The maximum absolute atomic E-state index is 12.9. The van der Waals surface area contributed by atoms with Crippen molar-refractivity contribution < 1.29 is 19.1 Å². The van der Waals surface area contributed by atoms with Gasteiger partial charge in [0, 0.05) is 0 Å². The fourth-order valence-electron chi connectivity index (χ4n) is 2.77. The van der Waals surface area contributed by atoms with E-state index < -0.39 is 23.5 Å². The molecular formula is C20H20N2O5S. The number of esters is 2. The highest BCUT2D eigenvalue weighted by Crippen LogP contribution is 2.27. The van der Waals surface area contributed by atoms with Gasteiger partial charge in [-0.05, 0) is 31.9 Å². The number of fused-ring (bicyclic) bond motifs is 1. The minimum Gasteiger partial charge on any atom is -0.462 e. The normalized spacial score (nSPS) is 12.0. The van der Waals surface area contributed by atoms with Gasteiger partial charge in [0.2, 0.25) is 0 Å². The molecule has 146 valence electrons. The highest BCUT2D eigenvalue weighted by molar-refractivity contribution is 7.20. The number of nitrogens with zero attached hydrogens (tertiary/aromatic N) is 2. The van der Waals surface area contributed by atoms with Gasteiger partial charge in [-0.15, -0.1) is 11.3 Å². The van der Waals surface area contributed by atoms with Crippen LogP contribution in [0.25, 0.3) is 10.2 Å². The minimum atomic E-state index is -0.849. The summed E-state index contributed by atoms with van der Waals surface area (Å²) in [6.07, 6.45) is 1.31. The van der Waals surface area contributed by atoms with Crippen LogP contribution in [0.15, 0.2) is 41.5 Å². The summed E-state index contributed by atoms with van der Waals surface area (Å²) in [6, 6.07) is 8.44. The zero-order valence-electron chi connectivity index (χ0n) is 15.8. The molecule has 0 amide bonds. The van der Waals surface area contributed by atoms with Crippen LogP contribution in [0, 0.1) is 6.92 Å². The molecule has 0 bridgehead atoms. The molecule has 0 saturated carbocycles. The summed E-state index contributed by atoms with van der Waals surface area (Å²) in [5.74, 6) is -1.02. The van der Waals surface area contributed by atoms with Crippen molar-refractivity contribution in [2.45, 2.75) is 33.4 Å². The van der Waals surface area contributed by atoms with Gasteiger partial charge in [0.15, 0.2) is 0 Å². The van der Waals surface area contributed by atoms with Gasteiger partial charge in [-0.25, -0.2) is 14.6 Å². The lowest BCUT2D eigenvalue weighted by molar-refractivity contribution is -0.148. The molecule has 28 heavy (non-hydrogen) atoms. The van der Waals surface area contributed by atoms with Crippen LogP contribution in [0.5, 0.6) is 0 Å². The highest BCUT2D eigenvalue weighted by atomic mass is 32.1. The number of carbonyl (C=O) groups excluding carboxylic acids is 2. The first kappa shape index (κ1) is 19.8. The molecule has 3 rings (SSSR count). The molecule has 1 aromatic carbocycles. The molecule has 0 aliphatic heterocycles. The fourth-order valence-corrected chi connectivity index (χ4v) is 3.80.